The van der Waals surface area contributed by atoms with Crippen molar-refractivity contribution in [2.45, 2.75) is 37.1 Å². The number of nitrogens with one attached hydrogen (secondary N) is 1. The van der Waals surface area contributed by atoms with Crippen LogP contribution in [0.4, 0.5) is 0 Å². The minimum Gasteiger partial charge on any atom is -0.497 e. The lowest BCUT2D eigenvalue weighted by Crippen LogP contribution is -2.24. The molecule has 0 unspecified atom stereocenters. The summed E-state index contributed by atoms with van der Waals surface area (Å²) >= 11 is 0. The number of rotatable bonds is 6. The van der Waals surface area contributed by atoms with Gasteiger partial charge in [0.1, 0.15) is 16.4 Å². The van der Waals surface area contributed by atoms with E-state index in [1.807, 2.05) is 30.3 Å². The molecule has 1 aliphatic carbocycles. The fourth-order valence-electron chi connectivity index (χ4n) is 3.11. The number of hydrogen-bond donors (Lipinski definition) is 1. The Morgan fingerprint density at radius 3 is 2.20 bits per heavy atom. The van der Waals surface area contributed by atoms with Crippen LogP contribution in [0.3, 0.4) is 0 Å². The molecule has 25 heavy (non-hydrogen) atoms. The standard InChI is InChI=1S/C19H23NO4S/c1-23-17-9-7-14(8-10-17)13-20-25(21,22)19-12-16-6-4-3-5-15(16)11-18(19)24-2/h7-12,20H,3-6,13H2,1-2H3. The third-order valence-electron chi connectivity index (χ3n) is 4.54. The second kappa shape index (κ2) is 7.45. The molecule has 0 spiro atoms. The first-order valence-electron chi connectivity index (χ1n) is 8.36. The summed E-state index contributed by atoms with van der Waals surface area (Å²) in [6.07, 6.45) is 4.13. The lowest BCUT2D eigenvalue weighted by molar-refractivity contribution is 0.401. The zero-order chi connectivity index (χ0) is 17.9. The van der Waals surface area contributed by atoms with Crippen LogP contribution in [0.1, 0.15) is 29.5 Å². The van der Waals surface area contributed by atoms with E-state index >= 15 is 0 Å². The number of ether oxygens (including phenoxy) is 2. The lowest BCUT2D eigenvalue weighted by Gasteiger charge is -2.19. The summed E-state index contributed by atoms with van der Waals surface area (Å²) in [5.41, 5.74) is 3.16. The fraction of sp³-hybridized carbons (Fsp3) is 0.368. The van der Waals surface area contributed by atoms with Crippen LogP contribution in [0.15, 0.2) is 41.3 Å². The second-order valence-electron chi connectivity index (χ2n) is 6.15. The molecule has 0 aromatic heterocycles. The highest BCUT2D eigenvalue weighted by Gasteiger charge is 2.23. The van der Waals surface area contributed by atoms with Crippen molar-refractivity contribution in [1.82, 2.24) is 4.72 Å². The van der Waals surface area contributed by atoms with Crippen LogP contribution in [-0.2, 0) is 29.4 Å². The number of aryl methyl sites for hydroxylation is 2. The molecule has 0 saturated carbocycles. The maximum absolute atomic E-state index is 12.8. The summed E-state index contributed by atoms with van der Waals surface area (Å²) in [5.74, 6) is 1.14. The average Bonchev–Trinajstić information content (AvgIpc) is 2.65. The van der Waals surface area contributed by atoms with Gasteiger partial charge in [-0.15, -0.1) is 0 Å². The first kappa shape index (κ1) is 17.8. The van der Waals surface area contributed by atoms with Gasteiger partial charge in [-0.2, -0.15) is 0 Å². The van der Waals surface area contributed by atoms with E-state index in [0.29, 0.717) is 5.75 Å². The third-order valence-corrected chi connectivity index (χ3v) is 5.97. The van der Waals surface area contributed by atoms with Crippen molar-refractivity contribution in [2.24, 2.45) is 0 Å². The van der Waals surface area contributed by atoms with Crippen molar-refractivity contribution in [2.75, 3.05) is 14.2 Å². The van der Waals surface area contributed by atoms with Crippen LogP contribution in [0.2, 0.25) is 0 Å². The summed E-state index contributed by atoms with van der Waals surface area (Å²) in [6, 6.07) is 10.9. The Hall–Kier alpha value is -2.05. The van der Waals surface area contributed by atoms with Gasteiger partial charge in [0.2, 0.25) is 10.0 Å². The quantitative estimate of drug-likeness (QED) is 0.859. The van der Waals surface area contributed by atoms with Crippen LogP contribution >= 0.6 is 0 Å². The zero-order valence-corrected chi connectivity index (χ0v) is 15.4. The molecule has 5 nitrogen and oxygen atoms in total. The van der Waals surface area contributed by atoms with E-state index < -0.39 is 10.0 Å². The summed E-state index contributed by atoms with van der Waals surface area (Å²) in [4.78, 5) is 0.212. The molecule has 0 aliphatic heterocycles. The van der Waals surface area contributed by atoms with Crippen LogP contribution in [0.5, 0.6) is 11.5 Å². The third kappa shape index (κ3) is 3.96. The van der Waals surface area contributed by atoms with E-state index in [-0.39, 0.29) is 11.4 Å². The van der Waals surface area contributed by atoms with E-state index in [4.69, 9.17) is 9.47 Å². The minimum absolute atomic E-state index is 0.212. The topological polar surface area (TPSA) is 64.6 Å². The summed E-state index contributed by atoms with van der Waals surface area (Å²) < 4.78 is 38.7. The minimum atomic E-state index is -3.66. The summed E-state index contributed by atoms with van der Waals surface area (Å²) in [5, 5.41) is 0. The highest BCUT2D eigenvalue weighted by Crippen LogP contribution is 2.32. The van der Waals surface area contributed by atoms with E-state index in [1.54, 1.807) is 13.2 Å². The van der Waals surface area contributed by atoms with Crippen molar-refractivity contribution in [3.05, 3.63) is 53.1 Å². The molecule has 0 heterocycles. The number of fused-ring (bicyclic) bond motifs is 1. The Kier molecular flexibility index (Phi) is 5.30. The van der Waals surface area contributed by atoms with E-state index in [0.717, 1.165) is 42.6 Å². The molecular formula is C19H23NO4S. The second-order valence-corrected chi connectivity index (χ2v) is 7.89. The molecule has 0 amide bonds. The molecule has 3 rings (SSSR count). The van der Waals surface area contributed by atoms with Gasteiger partial charge in [-0.25, -0.2) is 13.1 Å². The Balaban J connectivity index is 1.83. The van der Waals surface area contributed by atoms with Gasteiger partial charge in [0.15, 0.2) is 0 Å². The summed E-state index contributed by atoms with van der Waals surface area (Å²) in [7, 11) is -0.552. The van der Waals surface area contributed by atoms with Crippen molar-refractivity contribution in [3.8, 4) is 11.5 Å². The number of benzene rings is 2. The summed E-state index contributed by atoms with van der Waals surface area (Å²) in [6.45, 7) is 0.215. The normalized spacial score (nSPS) is 14.0. The first-order valence-corrected chi connectivity index (χ1v) is 9.84. The van der Waals surface area contributed by atoms with Gasteiger partial charge in [0, 0.05) is 6.54 Å². The van der Waals surface area contributed by atoms with E-state index in [2.05, 4.69) is 4.72 Å². The largest absolute Gasteiger partial charge is 0.497 e. The molecular weight excluding hydrogens is 338 g/mol. The van der Waals surface area contributed by atoms with Gasteiger partial charge in [-0.1, -0.05) is 12.1 Å². The Morgan fingerprint density at radius 1 is 0.960 bits per heavy atom. The van der Waals surface area contributed by atoms with Gasteiger partial charge in [0.05, 0.1) is 14.2 Å². The smallest absolute Gasteiger partial charge is 0.244 e. The molecule has 1 N–H and O–H groups in total. The Bertz CT molecular complexity index is 844. The highest BCUT2D eigenvalue weighted by atomic mass is 32.2. The van der Waals surface area contributed by atoms with Crippen molar-refractivity contribution < 1.29 is 17.9 Å². The maximum Gasteiger partial charge on any atom is 0.244 e. The molecule has 1 aliphatic rings. The van der Waals surface area contributed by atoms with E-state index in [9.17, 15) is 8.42 Å². The Labute approximate surface area is 149 Å². The number of hydrogen-bond acceptors (Lipinski definition) is 4. The molecule has 2 aromatic carbocycles. The van der Waals surface area contributed by atoms with Crippen molar-refractivity contribution >= 4 is 10.0 Å². The monoisotopic (exact) mass is 361 g/mol. The Morgan fingerprint density at radius 2 is 1.60 bits per heavy atom. The number of methoxy groups -OCH3 is 2. The van der Waals surface area contributed by atoms with Crippen LogP contribution in [0.25, 0.3) is 0 Å². The van der Waals surface area contributed by atoms with Gasteiger partial charge >= 0.3 is 0 Å². The molecule has 0 radical (unpaired) electrons. The maximum atomic E-state index is 12.8. The van der Waals surface area contributed by atoms with Gasteiger partial charge in [-0.05, 0) is 66.6 Å². The molecule has 0 atom stereocenters. The predicted octanol–water partition coefficient (Wildman–Crippen LogP) is 3.06. The zero-order valence-electron chi connectivity index (χ0n) is 14.5. The molecule has 2 aromatic rings. The molecule has 134 valence electrons. The fourth-order valence-corrected chi connectivity index (χ4v) is 4.33. The van der Waals surface area contributed by atoms with E-state index in [1.165, 1.54) is 12.7 Å². The average molecular weight is 361 g/mol. The van der Waals surface area contributed by atoms with Crippen LogP contribution in [0, 0.1) is 0 Å². The first-order chi connectivity index (χ1) is 12.0. The molecule has 0 saturated heterocycles. The molecule has 6 heteroatoms. The van der Waals surface area contributed by atoms with Crippen molar-refractivity contribution in [1.29, 1.82) is 0 Å². The number of sulfonamides is 1. The van der Waals surface area contributed by atoms with Gasteiger partial charge in [0.25, 0.3) is 0 Å². The van der Waals surface area contributed by atoms with Gasteiger partial charge in [-0.3, -0.25) is 0 Å². The highest BCUT2D eigenvalue weighted by molar-refractivity contribution is 7.89. The van der Waals surface area contributed by atoms with Gasteiger partial charge < -0.3 is 9.47 Å². The predicted molar refractivity (Wildman–Crippen MR) is 96.7 cm³/mol. The molecule has 0 fully saturated rings. The SMILES string of the molecule is COc1ccc(CNS(=O)(=O)c2cc3c(cc2OC)CCCC3)cc1. The van der Waals surface area contributed by atoms with Crippen LogP contribution < -0.4 is 14.2 Å². The van der Waals surface area contributed by atoms with Crippen LogP contribution in [-0.4, -0.2) is 22.6 Å². The van der Waals surface area contributed by atoms with Crippen molar-refractivity contribution in [3.63, 3.8) is 0 Å². The lowest BCUT2D eigenvalue weighted by atomic mass is 9.92. The molecule has 0 bridgehead atoms.